The lowest BCUT2D eigenvalue weighted by molar-refractivity contribution is -0.139. The van der Waals surface area contributed by atoms with Crippen LogP contribution in [0, 0.1) is 0 Å². The Hall–Kier alpha value is -3.37. The van der Waals surface area contributed by atoms with Gasteiger partial charge in [0, 0.05) is 15.6 Å². The van der Waals surface area contributed by atoms with E-state index >= 15 is 0 Å². The number of halogens is 3. The number of rotatable bonds is 8. The van der Waals surface area contributed by atoms with Crippen LogP contribution in [-0.2, 0) is 16.1 Å². The molecule has 4 aromatic rings. The number of ether oxygens (including phenoxy) is 3. The molecule has 1 aromatic heterocycles. The van der Waals surface area contributed by atoms with E-state index in [0.717, 1.165) is 5.56 Å². The molecule has 0 spiro atoms. The van der Waals surface area contributed by atoms with Crippen LogP contribution in [0.5, 0.6) is 11.5 Å². The van der Waals surface area contributed by atoms with Crippen LogP contribution in [0.1, 0.15) is 36.6 Å². The van der Waals surface area contributed by atoms with E-state index in [4.69, 9.17) is 37.4 Å². The molecule has 216 valence electrons. The largest absolute Gasteiger partial charge is 0.496 e. The van der Waals surface area contributed by atoms with Gasteiger partial charge in [-0.15, -0.1) is 0 Å². The molecule has 3 aromatic carbocycles. The van der Waals surface area contributed by atoms with E-state index in [1.54, 1.807) is 57.4 Å². The van der Waals surface area contributed by atoms with Crippen molar-refractivity contribution < 1.29 is 19.0 Å². The molecule has 1 aliphatic heterocycles. The van der Waals surface area contributed by atoms with Crippen LogP contribution in [-0.4, -0.2) is 24.3 Å². The van der Waals surface area contributed by atoms with Crippen molar-refractivity contribution in [1.29, 1.82) is 0 Å². The van der Waals surface area contributed by atoms with Crippen molar-refractivity contribution in [1.82, 2.24) is 4.57 Å². The molecule has 0 radical (unpaired) electrons. The van der Waals surface area contributed by atoms with E-state index in [0.29, 0.717) is 57.7 Å². The van der Waals surface area contributed by atoms with Crippen LogP contribution in [0.2, 0.25) is 10.0 Å². The van der Waals surface area contributed by atoms with E-state index in [-0.39, 0.29) is 18.8 Å². The van der Waals surface area contributed by atoms with Gasteiger partial charge in [-0.05, 0) is 89.4 Å². The van der Waals surface area contributed by atoms with Crippen molar-refractivity contribution >= 4 is 62.5 Å². The zero-order valence-electron chi connectivity index (χ0n) is 22.8. The average molecular weight is 688 g/mol. The fourth-order valence-electron chi connectivity index (χ4n) is 4.65. The molecule has 42 heavy (non-hydrogen) atoms. The first-order chi connectivity index (χ1) is 20.2. The number of esters is 1. The number of methoxy groups -OCH3 is 1. The molecular formula is C31H25BrCl2N2O5S. The molecule has 0 bridgehead atoms. The van der Waals surface area contributed by atoms with Crippen LogP contribution in [0.4, 0.5) is 0 Å². The highest BCUT2D eigenvalue weighted by Gasteiger charge is 2.33. The highest BCUT2D eigenvalue weighted by molar-refractivity contribution is 9.10. The summed E-state index contributed by atoms with van der Waals surface area (Å²) < 4.78 is 19.5. The Morgan fingerprint density at radius 3 is 2.57 bits per heavy atom. The lowest BCUT2D eigenvalue weighted by atomic mass is 9.96. The summed E-state index contributed by atoms with van der Waals surface area (Å²) in [5.41, 5.74) is 2.68. The van der Waals surface area contributed by atoms with Gasteiger partial charge in [0.2, 0.25) is 0 Å². The van der Waals surface area contributed by atoms with Gasteiger partial charge in [0.25, 0.3) is 5.56 Å². The maximum Gasteiger partial charge on any atom is 0.338 e. The summed E-state index contributed by atoms with van der Waals surface area (Å²) in [6, 6.07) is 17.3. The van der Waals surface area contributed by atoms with Gasteiger partial charge in [-0.3, -0.25) is 9.36 Å². The Morgan fingerprint density at radius 1 is 1.10 bits per heavy atom. The van der Waals surface area contributed by atoms with Gasteiger partial charge >= 0.3 is 5.97 Å². The van der Waals surface area contributed by atoms with Crippen LogP contribution in [0.15, 0.2) is 86.2 Å². The molecule has 0 aliphatic carbocycles. The number of aromatic nitrogens is 1. The number of carbonyl (C=O) groups excluding carboxylic acids is 1. The van der Waals surface area contributed by atoms with Crippen LogP contribution in [0.3, 0.4) is 0 Å². The number of allylic oxidation sites excluding steroid dienone is 1. The monoisotopic (exact) mass is 686 g/mol. The number of carbonyl (C=O) groups is 1. The molecule has 1 atom stereocenters. The summed E-state index contributed by atoms with van der Waals surface area (Å²) in [5, 5.41) is 1.11. The molecule has 1 aliphatic rings. The summed E-state index contributed by atoms with van der Waals surface area (Å²) in [6.07, 6.45) is 1.73. The minimum atomic E-state index is -0.762. The first-order valence-corrected chi connectivity index (χ1v) is 15.3. The molecule has 0 saturated heterocycles. The number of hydrogen-bond acceptors (Lipinski definition) is 7. The zero-order valence-corrected chi connectivity index (χ0v) is 26.7. The minimum Gasteiger partial charge on any atom is -0.496 e. The number of benzene rings is 3. The molecule has 5 rings (SSSR count). The van der Waals surface area contributed by atoms with E-state index in [1.807, 2.05) is 30.3 Å². The highest BCUT2D eigenvalue weighted by Crippen LogP contribution is 2.35. The number of nitrogens with zero attached hydrogens (tertiary/aromatic N) is 2. The summed E-state index contributed by atoms with van der Waals surface area (Å²) in [7, 11) is 1.57. The molecule has 0 unspecified atom stereocenters. The SMILES string of the molecule is CCOC(=O)C1=C(C)N=c2s/c(=C/c3cc(Cl)ccc3OCc3cccc(Cl)c3)c(=O)n2[C@@H]1c1ccc(OC)c(Br)c1. The van der Waals surface area contributed by atoms with Gasteiger partial charge in [-0.1, -0.05) is 52.7 Å². The average Bonchev–Trinajstić information content (AvgIpc) is 3.25. The summed E-state index contributed by atoms with van der Waals surface area (Å²) in [4.78, 5) is 32.3. The highest BCUT2D eigenvalue weighted by atomic mass is 79.9. The van der Waals surface area contributed by atoms with Crippen LogP contribution in [0.25, 0.3) is 6.08 Å². The van der Waals surface area contributed by atoms with Crippen molar-refractivity contribution in [3.63, 3.8) is 0 Å². The maximum atomic E-state index is 14.0. The predicted octanol–water partition coefficient (Wildman–Crippen LogP) is 6.46. The molecule has 0 N–H and O–H groups in total. The van der Waals surface area contributed by atoms with Gasteiger partial charge in [-0.25, -0.2) is 9.79 Å². The van der Waals surface area contributed by atoms with Gasteiger partial charge in [-0.2, -0.15) is 0 Å². The van der Waals surface area contributed by atoms with Crippen LogP contribution >= 0.6 is 50.5 Å². The van der Waals surface area contributed by atoms with Crippen molar-refractivity contribution in [2.75, 3.05) is 13.7 Å². The topological polar surface area (TPSA) is 79.1 Å². The Balaban J connectivity index is 1.63. The first-order valence-electron chi connectivity index (χ1n) is 12.9. The van der Waals surface area contributed by atoms with Crippen molar-refractivity contribution in [3.05, 3.63) is 123 Å². The van der Waals surface area contributed by atoms with E-state index in [2.05, 4.69) is 20.9 Å². The standard InChI is InChI=1S/C31H25BrCl2N2O5S/c1-4-40-30(38)27-17(2)35-31-36(28(27)19-8-10-25(39-3)23(32)14-19)29(37)26(42-31)15-20-13-22(34)9-11-24(20)41-16-18-6-5-7-21(33)12-18/h5-15,28H,4,16H2,1-3H3/b26-15+/t28-/m1/s1. The van der Waals surface area contributed by atoms with Gasteiger partial charge in [0.05, 0.1) is 40.0 Å². The Bertz CT molecular complexity index is 1900. The second-order valence-corrected chi connectivity index (χ2v) is 12.0. The number of fused-ring (bicyclic) bond motifs is 1. The lowest BCUT2D eigenvalue weighted by Gasteiger charge is -2.25. The summed E-state index contributed by atoms with van der Waals surface area (Å²) in [5.74, 6) is 0.636. The predicted molar refractivity (Wildman–Crippen MR) is 168 cm³/mol. The van der Waals surface area contributed by atoms with Crippen molar-refractivity contribution in [2.24, 2.45) is 4.99 Å². The summed E-state index contributed by atoms with van der Waals surface area (Å²) in [6.45, 7) is 3.94. The smallest absolute Gasteiger partial charge is 0.338 e. The Kier molecular flexibility index (Phi) is 9.22. The van der Waals surface area contributed by atoms with Gasteiger partial charge < -0.3 is 14.2 Å². The fourth-order valence-corrected chi connectivity index (χ4v) is 6.64. The zero-order chi connectivity index (χ0) is 30.0. The quantitative estimate of drug-likeness (QED) is 0.199. The number of thiazole rings is 1. The number of hydrogen-bond donors (Lipinski definition) is 0. The lowest BCUT2D eigenvalue weighted by Crippen LogP contribution is -2.40. The third kappa shape index (κ3) is 6.20. The van der Waals surface area contributed by atoms with Gasteiger partial charge in [0.1, 0.15) is 18.1 Å². The third-order valence-corrected chi connectivity index (χ3v) is 8.62. The molecule has 0 saturated carbocycles. The molecular weight excluding hydrogens is 663 g/mol. The van der Waals surface area contributed by atoms with E-state index in [9.17, 15) is 9.59 Å². The van der Waals surface area contributed by atoms with Crippen LogP contribution < -0.4 is 24.4 Å². The fraction of sp³-hybridized carbons (Fsp3) is 0.194. The molecule has 0 fully saturated rings. The molecule has 0 amide bonds. The second-order valence-electron chi connectivity index (χ2n) is 9.30. The molecule has 11 heteroatoms. The van der Waals surface area contributed by atoms with Crippen molar-refractivity contribution in [3.8, 4) is 11.5 Å². The minimum absolute atomic E-state index is 0.186. The van der Waals surface area contributed by atoms with Crippen molar-refractivity contribution in [2.45, 2.75) is 26.5 Å². The van der Waals surface area contributed by atoms with E-state index < -0.39 is 12.0 Å². The van der Waals surface area contributed by atoms with Gasteiger partial charge in [0.15, 0.2) is 4.80 Å². The third-order valence-electron chi connectivity index (χ3n) is 6.55. The molecule has 2 heterocycles. The second kappa shape index (κ2) is 12.9. The Morgan fingerprint density at radius 2 is 1.86 bits per heavy atom. The first kappa shape index (κ1) is 30.1. The Labute approximate surface area is 264 Å². The molecule has 7 nitrogen and oxygen atoms in total. The summed E-state index contributed by atoms with van der Waals surface area (Å²) >= 11 is 17.2. The maximum absolute atomic E-state index is 14.0. The normalized spacial score (nSPS) is 14.8. The van der Waals surface area contributed by atoms with E-state index in [1.165, 1.54) is 15.9 Å².